The first-order valence-corrected chi connectivity index (χ1v) is 10.0. The number of alkyl halides is 3. The topological polar surface area (TPSA) is 67.2 Å². The van der Waals surface area contributed by atoms with Crippen LogP contribution in [0.3, 0.4) is 0 Å². The Morgan fingerprint density at radius 1 is 1.16 bits per heavy atom. The molecule has 6 nitrogen and oxygen atoms in total. The lowest BCUT2D eigenvalue weighted by Gasteiger charge is -2.16. The second-order valence-corrected chi connectivity index (χ2v) is 7.46. The number of fused-ring (bicyclic) bond motifs is 3. The fourth-order valence-electron chi connectivity index (χ4n) is 3.78. The lowest BCUT2D eigenvalue weighted by molar-refractivity contribution is -0.137. The number of nitrogens with one attached hydrogen (secondary N) is 1. The third-order valence-corrected chi connectivity index (χ3v) is 5.27. The molecule has 0 bridgehead atoms. The first-order valence-electron chi connectivity index (χ1n) is 10.0. The van der Waals surface area contributed by atoms with Crippen molar-refractivity contribution in [3.63, 3.8) is 0 Å². The monoisotopic (exact) mass is 430 g/mol. The molecule has 0 radical (unpaired) electrons. The number of benzene rings is 2. The van der Waals surface area contributed by atoms with Gasteiger partial charge in [0.2, 0.25) is 11.9 Å². The zero-order chi connectivity index (χ0) is 22.2. The first kappa shape index (κ1) is 20.9. The van der Waals surface area contributed by atoms with E-state index in [1.54, 1.807) is 9.47 Å². The molecule has 1 aromatic heterocycles. The molecule has 31 heavy (non-hydrogen) atoms. The number of halogens is 3. The number of amides is 2. The summed E-state index contributed by atoms with van der Waals surface area (Å²) in [7, 11) is 0. The minimum Gasteiger partial charge on any atom is -0.326 e. The van der Waals surface area contributed by atoms with Crippen LogP contribution in [-0.2, 0) is 15.8 Å². The summed E-state index contributed by atoms with van der Waals surface area (Å²) in [5.41, 5.74) is 0.635. The van der Waals surface area contributed by atoms with Gasteiger partial charge in [-0.05, 0) is 36.8 Å². The van der Waals surface area contributed by atoms with E-state index in [0.29, 0.717) is 12.5 Å². The van der Waals surface area contributed by atoms with Gasteiger partial charge >= 0.3 is 6.18 Å². The normalized spacial score (nSPS) is 16.1. The highest BCUT2D eigenvalue weighted by Crippen LogP contribution is 2.37. The van der Waals surface area contributed by atoms with Crippen LogP contribution in [0.2, 0.25) is 0 Å². The second-order valence-electron chi connectivity index (χ2n) is 7.46. The average molecular weight is 430 g/mol. The van der Waals surface area contributed by atoms with E-state index in [0.717, 1.165) is 36.0 Å². The third kappa shape index (κ3) is 3.99. The van der Waals surface area contributed by atoms with Crippen molar-refractivity contribution in [1.29, 1.82) is 0 Å². The molecule has 3 aromatic rings. The molecule has 0 saturated heterocycles. The number of carbonyl (C=O) groups is 2. The van der Waals surface area contributed by atoms with Crippen molar-refractivity contribution in [2.24, 2.45) is 0 Å². The maximum absolute atomic E-state index is 13.1. The molecule has 0 unspecified atom stereocenters. The maximum atomic E-state index is 13.1. The average Bonchev–Trinajstić information content (AvgIpc) is 3.21. The Morgan fingerprint density at radius 3 is 2.68 bits per heavy atom. The Morgan fingerprint density at radius 2 is 1.94 bits per heavy atom. The largest absolute Gasteiger partial charge is 0.416 e. The van der Waals surface area contributed by atoms with Gasteiger partial charge in [0.25, 0.3) is 5.91 Å². The Balaban J connectivity index is 1.60. The van der Waals surface area contributed by atoms with Crippen LogP contribution in [0.4, 0.5) is 24.8 Å². The lowest BCUT2D eigenvalue weighted by Crippen LogP contribution is -2.32. The predicted molar refractivity (Wildman–Crippen MR) is 111 cm³/mol. The summed E-state index contributed by atoms with van der Waals surface area (Å²) >= 11 is 0. The molecule has 0 spiro atoms. The highest BCUT2D eigenvalue weighted by molar-refractivity contribution is 6.05. The van der Waals surface area contributed by atoms with E-state index < -0.39 is 23.7 Å². The SMILES string of the molecule is CCCCN1C(=O)[C@H](CC(=O)Nc2cccc(C(F)(F)F)c2)n2c1nc1ccccc12. The number of hydrogen-bond donors (Lipinski definition) is 1. The zero-order valence-electron chi connectivity index (χ0n) is 16.8. The van der Waals surface area contributed by atoms with Crippen LogP contribution in [0, 0.1) is 0 Å². The van der Waals surface area contributed by atoms with Gasteiger partial charge in [0.05, 0.1) is 23.0 Å². The highest BCUT2D eigenvalue weighted by atomic mass is 19.4. The van der Waals surface area contributed by atoms with Crippen molar-refractivity contribution < 1.29 is 22.8 Å². The van der Waals surface area contributed by atoms with Gasteiger partial charge in [-0.25, -0.2) is 4.98 Å². The molecule has 1 N–H and O–H groups in total. The van der Waals surface area contributed by atoms with Gasteiger partial charge in [0, 0.05) is 12.2 Å². The van der Waals surface area contributed by atoms with E-state index in [9.17, 15) is 22.8 Å². The molecule has 2 heterocycles. The first-order chi connectivity index (χ1) is 14.8. The smallest absolute Gasteiger partial charge is 0.326 e. The van der Waals surface area contributed by atoms with E-state index in [4.69, 9.17) is 0 Å². The number of rotatable bonds is 6. The van der Waals surface area contributed by atoms with Crippen LogP contribution in [0.5, 0.6) is 0 Å². The van der Waals surface area contributed by atoms with Gasteiger partial charge in [-0.1, -0.05) is 31.5 Å². The molecule has 0 fully saturated rings. The Kier molecular flexibility index (Phi) is 5.43. The van der Waals surface area contributed by atoms with Gasteiger partial charge < -0.3 is 5.32 Å². The number of para-hydroxylation sites is 2. The number of imidazole rings is 1. The van der Waals surface area contributed by atoms with Crippen molar-refractivity contribution in [3.8, 4) is 0 Å². The summed E-state index contributed by atoms with van der Waals surface area (Å²) < 4.78 is 40.6. The van der Waals surface area contributed by atoms with E-state index in [1.807, 2.05) is 31.2 Å². The third-order valence-electron chi connectivity index (χ3n) is 5.27. The Bertz CT molecular complexity index is 1140. The van der Waals surface area contributed by atoms with Crippen LogP contribution in [-0.4, -0.2) is 27.9 Å². The van der Waals surface area contributed by atoms with E-state index in [-0.39, 0.29) is 18.0 Å². The summed E-state index contributed by atoms with van der Waals surface area (Å²) in [5.74, 6) is -0.281. The fraction of sp³-hybridized carbons (Fsp3) is 0.318. The molecule has 0 aliphatic carbocycles. The van der Waals surface area contributed by atoms with Gasteiger partial charge in [0.15, 0.2) is 0 Å². The van der Waals surface area contributed by atoms with Crippen LogP contribution < -0.4 is 10.2 Å². The van der Waals surface area contributed by atoms with Crippen LogP contribution >= 0.6 is 0 Å². The minimum atomic E-state index is -4.51. The van der Waals surface area contributed by atoms with Crippen LogP contribution in [0.25, 0.3) is 11.0 Å². The standard InChI is InChI=1S/C22H21F3N4O2/c1-2-3-11-28-20(31)18(29-17-10-5-4-9-16(17)27-21(28)29)13-19(30)26-15-8-6-7-14(12-15)22(23,24)25/h4-10,12,18H,2-3,11,13H2,1H3,(H,26,30)/t18-/m0/s1. The quantitative estimate of drug-likeness (QED) is 0.613. The Labute approximate surface area is 176 Å². The van der Waals surface area contributed by atoms with Crippen molar-refractivity contribution >= 4 is 34.5 Å². The molecule has 1 aliphatic rings. The van der Waals surface area contributed by atoms with Crippen molar-refractivity contribution in [1.82, 2.24) is 9.55 Å². The lowest BCUT2D eigenvalue weighted by atomic mass is 10.1. The number of carbonyl (C=O) groups excluding carboxylic acids is 2. The van der Waals surface area contributed by atoms with Gasteiger partial charge in [-0.15, -0.1) is 0 Å². The van der Waals surface area contributed by atoms with Crippen molar-refractivity contribution in [2.45, 2.75) is 38.4 Å². The number of nitrogens with zero attached hydrogens (tertiary/aromatic N) is 3. The summed E-state index contributed by atoms with van der Waals surface area (Å²) in [5, 5.41) is 2.49. The van der Waals surface area contributed by atoms with E-state index in [1.165, 1.54) is 12.1 Å². The van der Waals surface area contributed by atoms with Gasteiger partial charge in [-0.3, -0.25) is 19.1 Å². The molecular weight excluding hydrogens is 409 g/mol. The van der Waals surface area contributed by atoms with Crippen molar-refractivity contribution in [2.75, 3.05) is 16.8 Å². The maximum Gasteiger partial charge on any atom is 0.416 e. The molecule has 1 atom stereocenters. The van der Waals surface area contributed by atoms with Gasteiger partial charge in [-0.2, -0.15) is 13.2 Å². The fourth-order valence-corrected chi connectivity index (χ4v) is 3.78. The summed E-state index contributed by atoms with van der Waals surface area (Å²) in [6, 6.07) is 11.0. The summed E-state index contributed by atoms with van der Waals surface area (Å²) in [6.45, 7) is 2.51. The van der Waals surface area contributed by atoms with Crippen molar-refractivity contribution in [3.05, 3.63) is 54.1 Å². The Hall–Kier alpha value is -3.36. The zero-order valence-corrected chi connectivity index (χ0v) is 16.8. The second kappa shape index (κ2) is 8.05. The van der Waals surface area contributed by atoms with Crippen LogP contribution in [0.15, 0.2) is 48.5 Å². The molecule has 162 valence electrons. The molecule has 0 saturated carbocycles. The number of aromatic nitrogens is 2. The molecule has 2 amide bonds. The van der Waals surface area contributed by atoms with Gasteiger partial charge in [0.1, 0.15) is 6.04 Å². The molecule has 4 rings (SSSR count). The minimum absolute atomic E-state index is 0.0313. The number of hydrogen-bond acceptors (Lipinski definition) is 3. The molecule has 2 aromatic carbocycles. The molecule has 1 aliphatic heterocycles. The molecular formula is C22H21F3N4O2. The summed E-state index contributed by atoms with van der Waals surface area (Å²) in [6.07, 6.45) is -3.03. The molecule has 9 heteroatoms. The van der Waals surface area contributed by atoms with E-state index in [2.05, 4.69) is 10.3 Å². The highest BCUT2D eigenvalue weighted by Gasteiger charge is 2.40. The summed E-state index contributed by atoms with van der Waals surface area (Å²) in [4.78, 5) is 31.9. The predicted octanol–water partition coefficient (Wildman–Crippen LogP) is 4.77. The van der Waals surface area contributed by atoms with Crippen LogP contribution in [0.1, 0.15) is 37.8 Å². The van der Waals surface area contributed by atoms with E-state index >= 15 is 0 Å². The number of unbranched alkanes of at least 4 members (excludes halogenated alkanes) is 1. The number of anilines is 2.